The van der Waals surface area contributed by atoms with Crippen LogP contribution in [0.1, 0.15) is 54.9 Å². The number of hydrogen-bond donors (Lipinski definition) is 0. The molecule has 0 radical (unpaired) electrons. The Balaban J connectivity index is 2.50. The van der Waals surface area contributed by atoms with E-state index in [9.17, 15) is 4.79 Å². The Kier molecular flexibility index (Phi) is 4.60. The lowest BCUT2D eigenvalue weighted by atomic mass is 9.64. The van der Waals surface area contributed by atoms with E-state index in [1.165, 1.54) is 11.1 Å². The van der Waals surface area contributed by atoms with Crippen molar-refractivity contribution in [2.24, 2.45) is 0 Å². The van der Waals surface area contributed by atoms with Crippen molar-refractivity contribution < 1.29 is 4.79 Å². The first-order chi connectivity index (χ1) is 10.2. The molecule has 1 aromatic heterocycles. The van der Waals surface area contributed by atoms with Gasteiger partial charge in [0.25, 0.3) is 0 Å². The van der Waals surface area contributed by atoms with E-state index in [1.54, 1.807) is 6.92 Å². The summed E-state index contributed by atoms with van der Waals surface area (Å²) in [4.78, 5) is 16.0. The molecule has 0 amide bonds. The van der Waals surface area contributed by atoms with Crippen LogP contribution in [0.5, 0.6) is 0 Å². The lowest BCUT2D eigenvalue weighted by Gasteiger charge is -2.25. The zero-order valence-electron chi connectivity index (χ0n) is 14.4. The number of benzene rings is 1. The van der Waals surface area contributed by atoms with Gasteiger partial charge in [-0.3, -0.25) is 9.78 Å². The van der Waals surface area contributed by atoms with Crippen molar-refractivity contribution in [3.63, 3.8) is 0 Å². The van der Waals surface area contributed by atoms with Gasteiger partial charge >= 0.3 is 0 Å². The van der Waals surface area contributed by atoms with Gasteiger partial charge in [-0.25, -0.2) is 0 Å². The number of hydrogen-bond acceptors (Lipinski definition) is 2. The molecule has 0 saturated heterocycles. The predicted molar refractivity (Wildman–Crippen MR) is 98.2 cm³/mol. The summed E-state index contributed by atoms with van der Waals surface area (Å²) in [6, 6.07) is 9.87. The van der Waals surface area contributed by atoms with E-state index in [2.05, 4.69) is 47.5 Å². The number of rotatable bonds is 3. The molecule has 0 spiro atoms. The number of pyridine rings is 1. The van der Waals surface area contributed by atoms with Gasteiger partial charge in [0.05, 0.1) is 5.69 Å². The molecule has 112 valence electrons. The minimum Gasteiger partial charge on any atom is -0.295 e. The van der Waals surface area contributed by atoms with Crippen LogP contribution in [0.3, 0.4) is 0 Å². The number of Topliss-reactive ketones (excluding diaryl/α,β-unsaturated/α-hetero) is 1. The van der Waals surface area contributed by atoms with Gasteiger partial charge in [0, 0.05) is 17.3 Å². The van der Waals surface area contributed by atoms with Crippen LogP contribution < -0.4 is 0 Å². The Morgan fingerprint density at radius 3 is 2.18 bits per heavy atom. The fourth-order valence-electron chi connectivity index (χ4n) is 2.61. The van der Waals surface area contributed by atoms with Gasteiger partial charge < -0.3 is 0 Å². The Morgan fingerprint density at radius 1 is 1.14 bits per heavy atom. The first-order valence-corrected chi connectivity index (χ1v) is 7.82. The van der Waals surface area contributed by atoms with E-state index in [0.29, 0.717) is 5.72 Å². The molecule has 0 aliphatic heterocycles. The fraction of sp³-hybridized carbons (Fsp3) is 0.333. The van der Waals surface area contributed by atoms with Gasteiger partial charge in [0.15, 0.2) is 5.78 Å². The average Bonchev–Trinajstić information content (AvgIpc) is 2.45. The summed E-state index contributed by atoms with van der Waals surface area (Å²) in [5.74, 6) is 0.0880. The van der Waals surface area contributed by atoms with Gasteiger partial charge in [-0.2, -0.15) is 0 Å². The summed E-state index contributed by atoms with van der Waals surface area (Å²) in [6.45, 7) is 8.28. The zero-order valence-corrected chi connectivity index (χ0v) is 14.4. The molecule has 22 heavy (non-hydrogen) atoms. The second-order valence-electron chi connectivity index (χ2n) is 7.20. The van der Waals surface area contributed by atoms with Gasteiger partial charge in [0.1, 0.15) is 15.7 Å². The normalized spacial score (nSPS) is 11.7. The summed E-state index contributed by atoms with van der Waals surface area (Å²) in [7, 11) is 4.40. The summed E-state index contributed by atoms with van der Waals surface area (Å²) in [5, 5.41) is 0. The monoisotopic (exact) mass is 291 g/mol. The molecule has 0 bridgehead atoms. The van der Waals surface area contributed by atoms with E-state index in [1.807, 2.05) is 30.5 Å². The zero-order chi connectivity index (χ0) is 16.5. The Labute approximate surface area is 135 Å². The topological polar surface area (TPSA) is 30.0 Å². The fourth-order valence-corrected chi connectivity index (χ4v) is 2.61. The molecule has 1 aromatic carbocycles. The van der Waals surface area contributed by atoms with Crippen molar-refractivity contribution in [2.75, 3.05) is 0 Å². The maximum atomic E-state index is 11.4. The van der Waals surface area contributed by atoms with Gasteiger partial charge in [-0.1, -0.05) is 50.8 Å². The van der Waals surface area contributed by atoms with Crippen LogP contribution in [0.15, 0.2) is 36.5 Å². The molecule has 2 aromatic rings. The van der Waals surface area contributed by atoms with E-state index in [0.717, 1.165) is 16.8 Å². The molecular weight excluding hydrogens is 268 g/mol. The van der Waals surface area contributed by atoms with Crippen LogP contribution in [0, 0.1) is 0 Å². The standard InChI is InChI=1S/C18H23B2NO/c1-11(22)12-5-7-13(8-6-12)16-9-15(18(2,3)4)14(10-21-16)17(19)20/h5-10,17H,19-20H2,1-4H3. The van der Waals surface area contributed by atoms with Crippen LogP contribution in [-0.4, -0.2) is 26.5 Å². The maximum Gasteiger partial charge on any atom is 0.159 e. The molecule has 4 heteroatoms. The van der Waals surface area contributed by atoms with Crippen LogP contribution in [-0.2, 0) is 5.41 Å². The molecular formula is C18H23B2NO. The molecule has 0 fully saturated rings. The van der Waals surface area contributed by atoms with Crippen molar-refractivity contribution in [3.8, 4) is 11.3 Å². The minimum absolute atomic E-state index is 0.0800. The number of aromatic nitrogens is 1. The second-order valence-corrected chi connectivity index (χ2v) is 7.20. The van der Waals surface area contributed by atoms with E-state index in [-0.39, 0.29) is 11.2 Å². The molecule has 0 unspecified atom stereocenters. The number of carbonyl (C=O) groups is 1. The second kappa shape index (κ2) is 6.12. The highest BCUT2D eigenvalue weighted by atomic mass is 16.1. The van der Waals surface area contributed by atoms with Crippen molar-refractivity contribution in [1.82, 2.24) is 4.98 Å². The van der Waals surface area contributed by atoms with Crippen LogP contribution in [0.4, 0.5) is 0 Å². The van der Waals surface area contributed by atoms with Crippen molar-refractivity contribution in [3.05, 3.63) is 53.2 Å². The van der Waals surface area contributed by atoms with Crippen molar-refractivity contribution >= 4 is 21.5 Å². The Hall–Kier alpha value is -1.83. The molecule has 0 aliphatic carbocycles. The van der Waals surface area contributed by atoms with Crippen LogP contribution in [0.25, 0.3) is 11.3 Å². The quantitative estimate of drug-likeness (QED) is 0.642. The summed E-state index contributed by atoms with van der Waals surface area (Å²) in [5.41, 5.74) is 5.92. The van der Waals surface area contributed by atoms with Crippen molar-refractivity contribution in [1.29, 1.82) is 0 Å². The van der Waals surface area contributed by atoms with Gasteiger partial charge in [-0.15, -0.1) is 0 Å². The van der Waals surface area contributed by atoms with E-state index >= 15 is 0 Å². The molecule has 2 nitrogen and oxygen atoms in total. The molecule has 0 aliphatic rings. The summed E-state index contributed by atoms with van der Waals surface area (Å²) >= 11 is 0. The molecule has 0 saturated carbocycles. The number of nitrogens with zero attached hydrogens (tertiary/aromatic N) is 1. The summed E-state index contributed by atoms with van der Waals surface area (Å²) < 4.78 is 0. The van der Waals surface area contributed by atoms with Gasteiger partial charge in [0.2, 0.25) is 0 Å². The Morgan fingerprint density at radius 2 is 1.73 bits per heavy atom. The Bertz CT molecular complexity index is 685. The number of ketones is 1. The molecule has 2 rings (SSSR count). The third-order valence-corrected chi connectivity index (χ3v) is 3.95. The minimum atomic E-state index is 0.0800. The lowest BCUT2D eigenvalue weighted by molar-refractivity contribution is 0.101. The molecule has 0 N–H and O–H groups in total. The summed E-state index contributed by atoms with van der Waals surface area (Å²) in [6.07, 6.45) is 2.00. The first-order valence-electron chi connectivity index (χ1n) is 7.82. The van der Waals surface area contributed by atoms with Crippen molar-refractivity contribution in [2.45, 2.75) is 38.8 Å². The lowest BCUT2D eigenvalue weighted by Crippen LogP contribution is -2.17. The molecule has 1 heterocycles. The van der Waals surface area contributed by atoms with Gasteiger partial charge in [-0.05, 0) is 29.5 Å². The highest BCUT2D eigenvalue weighted by Crippen LogP contribution is 2.31. The highest BCUT2D eigenvalue weighted by molar-refractivity contribution is 6.36. The highest BCUT2D eigenvalue weighted by Gasteiger charge is 2.20. The van der Waals surface area contributed by atoms with Crippen LogP contribution in [0.2, 0.25) is 0 Å². The third kappa shape index (κ3) is 3.49. The first kappa shape index (κ1) is 16.5. The van der Waals surface area contributed by atoms with Crippen LogP contribution >= 0.6 is 0 Å². The SMILES string of the molecule is BC(B)c1cnc(-c2ccc(C(C)=O)cc2)cc1C(C)(C)C. The largest absolute Gasteiger partial charge is 0.295 e. The predicted octanol–water partition coefficient (Wildman–Crippen LogP) is 2.51. The average molecular weight is 291 g/mol. The third-order valence-electron chi connectivity index (χ3n) is 3.95. The van der Waals surface area contributed by atoms with E-state index in [4.69, 9.17) is 0 Å². The smallest absolute Gasteiger partial charge is 0.159 e. The molecule has 0 atom stereocenters. The maximum absolute atomic E-state index is 11.4. The van der Waals surface area contributed by atoms with E-state index < -0.39 is 0 Å². The number of carbonyl (C=O) groups excluding carboxylic acids is 1.